The molecule has 0 aromatic carbocycles. The van der Waals surface area contributed by atoms with Crippen molar-refractivity contribution in [1.82, 2.24) is 9.80 Å². The Morgan fingerprint density at radius 2 is 0.846 bits per heavy atom. The van der Waals surface area contributed by atoms with E-state index in [2.05, 4.69) is 24.3 Å². The topological polar surface area (TPSA) is 74.8 Å². The van der Waals surface area contributed by atoms with Gasteiger partial charge in [0.2, 0.25) is 23.6 Å². The minimum Gasteiger partial charge on any atom is -0.280 e. The summed E-state index contributed by atoms with van der Waals surface area (Å²) >= 11 is 0. The van der Waals surface area contributed by atoms with Crippen LogP contribution in [0.5, 0.6) is 0 Å². The summed E-state index contributed by atoms with van der Waals surface area (Å²) in [5, 5.41) is 0. The largest absolute Gasteiger partial charge is 0.280 e. The second kappa shape index (κ2) is 4.72. The minimum absolute atomic E-state index is 0.113. The predicted molar refractivity (Wildman–Crippen MR) is 88.9 cm³/mol. The second-order valence-electron chi connectivity index (χ2n) is 8.66. The predicted octanol–water partition coefficient (Wildman–Crippen LogP) is 0.601. The third-order valence-electron chi connectivity index (χ3n) is 7.67. The maximum atomic E-state index is 12.7. The van der Waals surface area contributed by atoms with Crippen LogP contribution in [0, 0.1) is 47.3 Å². The first-order chi connectivity index (χ1) is 12.6. The Morgan fingerprint density at radius 3 is 1.12 bits per heavy atom. The normalized spacial score (nSPS) is 47.1. The molecule has 4 aliphatic carbocycles. The number of nitrogens with zero attached hydrogens (tertiary/aromatic N) is 2. The van der Waals surface area contributed by atoms with Crippen LogP contribution in [0.4, 0.5) is 0 Å². The molecule has 4 bridgehead atoms. The fraction of sp³-hybridized carbons (Fsp3) is 0.600. The molecule has 2 saturated carbocycles. The molecule has 2 heterocycles. The third kappa shape index (κ3) is 1.59. The summed E-state index contributed by atoms with van der Waals surface area (Å²) in [6, 6.07) is 0. The number of fused-ring (bicyclic) bond motifs is 10. The second-order valence-corrected chi connectivity index (χ2v) is 8.66. The number of amides is 4. The summed E-state index contributed by atoms with van der Waals surface area (Å²) in [4.78, 5) is 53.6. The van der Waals surface area contributed by atoms with Gasteiger partial charge in [-0.05, 0) is 36.5 Å². The van der Waals surface area contributed by atoms with Crippen LogP contribution in [-0.2, 0) is 19.2 Å². The van der Waals surface area contributed by atoms with Gasteiger partial charge in [-0.25, -0.2) is 0 Å². The molecule has 0 aromatic rings. The Kier molecular flexibility index (Phi) is 2.70. The molecule has 4 fully saturated rings. The van der Waals surface area contributed by atoms with E-state index in [1.807, 2.05) is 0 Å². The van der Waals surface area contributed by atoms with Gasteiger partial charge in [0.1, 0.15) is 0 Å². The average molecular weight is 352 g/mol. The van der Waals surface area contributed by atoms with Crippen LogP contribution < -0.4 is 0 Å². The SMILES string of the molecule is O=C1[C@@H]2[C@@H](C(=O)N1CCN1C(=O)[C@H]3[C@H](C1=O)[C@H]1C=C[C@@H]3C1)[C@H]1C=C[C@@H]2C1. The maximum absolute atomic E-state index is 12.7. The first-order valence-corrected chi connectivity index (χ1v) is 9.63. The summed E-state index contributed by atoms with van der Waals surface area (Å²) in [7, 11) is 0. The van der Waals surface area contributed by atoms with Gasteiger partial charge < -0.3 is 0 Å². The van der Waals surface area contributed by atoms with E-state index in [0.29, 0.717) is 0 Å². The highest BCUT2D eigenvalue weighted by molar-refractivity contribution is 6.08. The molecule has 0 unspecified atom stereocenters. The molecule has 6 nitrogen and oxygen atoms in total. The molecular formula is C20H20N2O4. The smallest absolute Gasteiger partial charge is 0.233 e. The van der Waals surface area contributed by atoms with Gasteiger partial charge in [-0.15, -0.1) is 0 Å². The summed E-state index contributed by atoms with van der Waals surface area (Å²) in [6.45, 7) is 0.285. The zero-order valence-electron chi connectivity index (χ0n) is 14.3. The number of carbonyl (C=O) groups is 4. The summed E-state index contributed by atoms with van der Waals surface area (Å²) in [5.41, 5.74) is 0. The molecule has 0 N–H and O–H groups in total. The van der Waals surface area contributed by atoms with E-state index in [1.165, 1.54) is 9.80 Å². The van der Waals surface area contributed by atoms with Crippen LogP contribution in [0.1, 0.15) is 12.8 Å². The van der Waals surface area contributed by atoms with Crippen molar-refractivity contribution in [3.05, 3.63) is 24.3 Å². The standard InChI is InChI=1S/C20H20N2O4/c23-17-13-9-1-2-10(7-9)14(13)18(24)21(17)5-6-22-19(25)15-11-3-4-12(8-11)16(15)20(22)26/h1-4,9-16H,5-8H2/t9-,10+,11-,12+,13-,14-,15+,16+. The van der Waals surface area contributed by atoms with E-state index in [0.717, 1.165) is 12.8 Å². The van der Waals surface area contributed by atoms with E-state index in [-0.39, 0.29) is 84.1 Å². The molecule has 6 rings (SSSR count). The highest BCUT2D eigenvalue weighted by atomic mass is 16.2. The van der Waals surface area contributed by atoms with Crippen LogP contribution in [-0.4, -0.2) is 46.5 Å². The van der Waals surface area contributed by atoms with Crippen molar-refractivity contribution >= 4 is 23.6 Å². The van der Waals surface area contributed by atoms with E-state index in [1.54, 1.807) is 0 Å². The van der Waals surface area contributed by atoms with Crippen molar-refractivity contribution in [2.24, 2.45) is 47.3 Å². The number of imide groups is 2. The number of allylic oxidation sites excluding steroid dienone is 4. The van der Waals surface area contributed by atoms with Gasteiger partial charge in [-0.1, -0.05) is 24.3 Å². The van der Waals surface area contributed by atoms with Gasteiger partial charge in [0.15, 0.2) is 0 Å². The van der Waals surface area contributed by atoms with Crippen molar-refractivity contribution in [1.29, 1.82) is 0 Å². The van der Waals surface area contributed by atoms with E-state index < -0.39 is 0 Å². The molecule has 0 spiro atoms. The molecule has 4 amide bonds. The zero-order chi connectivity index (χ0) is 17.7. The average Bonchev–Trinajstić information content (AvgIpc) is 3.43. The fourth-order valence-corrected chi connectivity index (χ4v) is 6.57. The number of rotatable bonds is 3. The minimum atomic E-state index is -0.220. The quantitative estimate of drug-likeness (QED) is 0.551. The van der Waals surface area contributed by atoms with Gasteiger partial charge >= 0.3 is 0 Å². The van der Waals surface area contributed by atoms with Crippen molar-refractivity contribution in [3.8, 4) is 0 Å². The van der Waals surface area contributed by atoms with E-state index >= 15 is 0 Å². The molecular weight excluding hydrogens is 332 g/mol. The molecule has 8 atom stereocenters. The number of likely N-dealkylation sites (tertiary alicyclic amines) is 2. The third-order valence-corrected chi connectivity index (χ3v) is 7.67. The Bertz CT molecular complexity index is 702. The van der Waals surface area contributed by atoms with Crippen molar-refractivity contribution < 1.29 is 19.2 Å². The Morgan fingerprint density at radius 1 is 0.577 bits per heavy atom. The molecule has 26 heavy (non-hydrogen) atoms. The Hall–Kier alpha value is -2.24. The maximum Gasteiger partial charge on any atom is 0.233 e. The van der Waals surface area contributed by atoms with Crippen molar-refractivity contribution in [2.45, 2.75) is 12.8 Å². The van der Waals surface area contributed by atoms with Crippen LogP contribution in [0.2, 0.25) is 0 Å². The van der Waals surface area contributed by atoms with E-state index in [9.17, 15) is 19.2 Å². The molecule has 0 aromatic heterocycles. The molecule has 2 saturated heterocycles. The van der Waals surface area contributed by atoms with Gasteiger partial charge in [0.25, 0.3) is 0 Å². The van der Waals surface area contributed by atoms with Crippen LogP contribution in [0.3, 0.4) is 0 Å². The lowest BCUT2D eigenvalue weighted by Gasteiger charge is -2.22. The zero-order valence-corrected chi connectivity index (χ0v) is 14.3. The Labute approximate surface area is 150 Å². The van der Waals surface area contributed by atoms with Crippen molar-refractivity contribution in [2.75, 3.05) is 13.1 Å². The van der Waals surface area contributed by atoms with Gasteiger partial charge in [0.05, 0.1) is 23.7 Å². The summed E-state index contributed by atoms with van der Waals surface area (Å²) in [6.07, 6.45) is 10.1. The highest BCUT2D eigenvalue weighted by Crippen LogP contribution is 2.53. The van der Waals surface area contributed by atoms with Gasteiger partial charge in [0, 0.05) is 13.1 Å². The fourth-order valence-electron chi connectivity index (χ4n) is 6.57. The van der Waals surface area contributed by atoms with Crippen LogP contribution in [0.25, 0.3) is 0 Å². The lowest BCUT2D eigenvalue weighted by molar-refractivity contribution is -0.146. The Balaban J connectivity index is 1.19. The lowest BCUT2D eigenvalue weighted by atomic mass is 9.85. The van der Waals surface area contributed by atoms with Crippen LogP contribution >= 0.6 is 0 Å². The number of hydrogen-bond acceptors (Lipinski definition) is 4. The highest BCUT2D eigenvalue weighted by Gasteiger charge is 2.61. The molecule has 6 heteroatoms. The first kappa shape index (κ1) is 14.9. The molecule has 6 aliphatic rings. The van der Waals surface area contributed by atoms with Gasteiger partial charge in [-0.3, -0.25) is 29.0 Å². The lowest BCUT2D eigenvalue weighted by Crippen LogP contribution is -2.42. The molecule has 134 valence electrons. The molecule has 2 aliphatic heterocycles. The first-order valence-electron chi connectivity index (χ1n) is 9.63. The summed E-state index contributed by atoms with van der Waals surface area (Å²) in [5.74, 6) is -0.602. The van der Waals surface area contributed by atoms with Crippen molar-refractivity contribution in [3.63, 3.8) is 0 Å². The van der Waals surface area contributed by atoms with Crippen LogP contribution in [0.15, 0.2) is 24.3 Å². The van der Waals surface area contributed by atoms with Gasteiger partial charge in [-0.2, -0.15) is 0 Å². The summed E-state index contributed by atoms with van der Waals surface area (Å²) < 4.78 is 0. The number of carbonyl (C=O) groups excluding carboxylic acids is 4. The number of hydrogen-bond donors (Lipinski definition) is 0. The monoisotopic (exact) mass is 352 g/mol. The molecule has 0 radical (unpaired) electrons. The van der Waals surface area contributed by atoms with E-state index in [4.69, 9.17) is 0 Å².